The predicted molar refractivity (Wildman–Crippen MR) is 51.1 cm³/mol. The zero-order valence-corrected chi connectivity index (χ0v) is 8.73. The molecule has 4 heteroatoms. The van der Waals surface area contributed by atoms with Gasteiger partial charge in [-0.05, 0) is 29.1 Å². The molecule has 1 unspecified atom stereocenters. The highest BCUT2D eigenvalue weighted by molar-refractivity contribution is 9.09. The first-order valence-electron chi connectivity index (χ1n) is 3.49. The molecule has 0 saturated carbocycles. The highest BCUT2D eigenvalue weighted by atomic mass is 79.9. The van der Waals surface area contributed by atoms with Gasteiger partial charge >= 0.3 is 0 Å². The molecule has 0 aromatic heterocycles. The Morgan fingerprint density at radius 1 is 1.42 bits per heavy atom. The fourth-order valence-corrected chi connectivity index (χ4v) is 1.98. The maximum Gasteiger partial charge on any atom is 0.0281 e. The highest BCUT2D eigenvalue weighted by Gasteiger charge is 1.99. The molecule has 1 aromatic carbocycles. The average molecular weight is 248 g/mol. The van der Waals surface area contributed by atoms with Gasteiger partial charge in [-0.25, -0.2) is 0 Å². The third-order valence-electron chi connectivity index (χ3n) is 1.52. The first-order valence-corrected chi connectivity index (χ1v) is 5.68. The SMILES string of the molecule is O=S([O-])c1ccccc1CCBr. The number of benzene rings is 1. The number of hydrogen-bond donors (Lipinski definition) is 0. The van der Waals surface area contributed by atoms with Crippen molar-refractivity contribution in [1.29, 1.82) is 0 Å². The second-order valence-corrected chi connectivity index (χ2v) is 3.98. The average Bonchev–Trinajstić information content (AvgIpc) is 2.05. The summed E-state index contributed by atoms with van der Waals surface area (Å²) in [6.45, 7) is 0. The van der Waals surface area contributed by atoms with Crippen molar-refractivity contribution in [2.24, 2.45) is 0 Å². The minimum absolute atomic E-state index is 0.400. The summed E-state index contributed by atoms with van der Waals surface area (Å²) in [6, 6.07) is 7.00. The Labute approximate surface area is 82.4 Å². The summed E-state index contributed by atoms with van der Waals surface area (Å²) >= 11 is 1.16. The van der Waals surface area contributed by atoms with Crippen molar-refractivity contribution in [3.63, 3.8) is 0 Å². The lowest BCUT2D eigenvalue weighted by molar-refractivity contribution is 0.536. The van der Waals surface area contributed by atoms with Crippen molar-refractivity contribution < 1.29 is 8.76 Å². The van der Waals surface area contributed by atoms with Crippen molar-refractivity contribution in [2.75, 3.05) is 5.33 Å². The van der Waals surface area contributed by atoms with Crippen LogP contribution in [-0.4, -0.2) is 14.1 Å². The van der Waals surface area contributed by atoms with Gasteiger partial charge in [-0.2, -0.15) is 0 Å². The van der Waals surface area contributed by atoms with E-state index in [2.05, 4.69) is 15.9 Å². The Hall–Kier alpha value is -0.190. The summed E-state index contributed by atoms with van der Waals surface area (Å²) in [5.74, 6) is 0. The molecule has 2 nitrogen and oxygen atoms in total. The number of alkyl halides is 1. The zero-order chi connectivity index (χ0) is 8.97. The number of hydrogen-bond acceptors (Lipinski definition) is 2. The summed E-state index contributed by atoms with van der Waals surface area (Å²) < 4.78 is 21.4. The van der Waals surface area contributed by atoms with Crippen LogP contribution in [0.1, 0.15) is 5.56 Å². The van der Waals surface area contributed by atoms with E-state index in [1.165, 1.54) is 0 Å². The molecule has 0 amide bonds. The van der Waals surface area contributed by atoms with Crippen LogP contribution < -0.4 is 0 Å². The number of rotatable bonds is 3. The molecule has 0 bridgehead atoms. The summed E-state index contributed by atoms with van der Waals surface area (Å²) in [7, 11) is 0. The lowest BCUT2D eigenvalue weighted by Gasteiger charge is -2.09. The molecule has 1 aromatic rings. The van der Waals surface area contributed by atoms with Gasteiger partial charge in [0.05, 0.1) is 0 Å². The van der Waals surface area contributed by atoms with Crippen LogP contribution in [0.3, 0.4) is 0 Å². The Morgan fingerprint density at radius 2 is 2.08 bits per heavy atom. The van der Waals surface area contributed by atoms with Gasteiger partial charge in [0.1, 0.15) is 0 Å². The molecule has 1 rings (SSSR count). The van der Waals surface area contributed by atoms with Crippen molar-refractivity contribution >= 4 is 27.0 Å². The third-order valence-corrected chi connectivity index (χ3v) is 2.67. The second-order valence-electron chi connectivity index (χ2n) is 2.28. The third kappa shape index (κ3) is 2.40. The van der Waals surface area contributed by atoms with E-state index in [9.17, 15) is 8.76 Å². The van der Waals surface area contributed by atoms with Crippen LogP contribution in [0.25, 0.3) is 0 Å². The molecular formula is C8H8BrO2S-. The first kappa shape index (κ1) is 9.89. The monoisotopic (exact) mass is 247 g/mol. The largest absolute Gasteiger partial charge is 0.768 e. The quantitative estimate of drug-likeness (QED) is 0.605. The van der Waals surface area contributed by atoms with Gasteiger partial charge in [0.2, 0.25) is 0 Å². The van der Waals surface area contributed by atoms with Crippen LogP contribution in [0.2, 0.25) is 0 Å². The topological polar surface area (TPSA) is 40.1 Å². The van der Waals surface area contributed by atoms with E-state index >= 15 is 0 Å². The van der Waals surface area contributed by atoms with Crippen LogP contribution in [-0.2, 0) is 17.5 Å². The minimum atomic E-state index is -2.11. The molecule has 0 aliphatic heterocycles. The van der Waals surface area contributed by atoms with Gasteiger partial charge in [-0.3, -0.25) is 4.21 Å². The molecule has 0 spiro atoms. The Kier molecular flexibility index (Phi) is 3.91. The molecule has 0 aliphatic rings. The minimum Gasteiger partial charge on any atom is -0.768 e. The molecule has 1 atom stereocenters. The van der Waals surface area contributed by atoms with Gasteiger partial charge in [-0.15, -0.1) is 0 Å². The van der Waals surface area contributed by atoms with E-state index in [4.69, 9.17) is 0 Å². The van der Waals surface area contributed by atoms with Crippen LogP contribution >= 0.6 is 15.9 Å². The van der Waals surface area contributed by atoms with Gasteiger partial charge in [0.25, 0.3) is 0 Å². The number of halogens is 1. The van der Waals surface area contributed by atoms with Crippen LogP contribution in [0, 0.1) is 0 Å². The van der Waals surface area contributed by atoms with Crippen LogP contribution in [0.5, 0.6) is 0 Å². The Bertz CT molecular complexity index is 288. The van der Waals surface area contributed by atoms with E-state index in [0.717, 1.165) is 17.3 Å². The second kappa shape index (κ2) is 4.74. The molecule has 66 valence electrons. The highest BCUT2D eigenvalue weighted by Crippen LogP contribution is 2.13. The normalized spacial score (nSPS) is 12.8. The predicted octanol–water partition coefficient (Wildman–Crippen LogP) is 1.86. The Morgan fingerprint density at radius 3 is 2.67 bits per heavy atom. The van der Waals surface area contributed by atoms with E-state index in [-0.39, 0.29) is 0 Å². The van der Waals surface area contributed by atoms with Crippen molar-refractivity contribution in [3.8, 4) is 0 Å². The van der Waals surface area contributed by atoms with E-state index in [1.807, 2.05) is 12.1 Å². The smallest absolute Gasteiger partial charge is 0.0281 e. The van der Waals surface area contributed by atoms with Gasteiger partial charge in [0, 0.05) is 10.2 Å². The fourth-order valence-electron chi connectivity index (χ4n) is 0.975. The van der Waals surface area contributed by atoms with Gasteiger partial charge < -0.3 is 4.55 Å². The van der Waals surface area contributed by atoms with Gasteiger partial charge in [0.15, 0.2) is 0 Å². The molecule has 0 fully saturated rings. The molecule has 0 N–H and O–H groups in total. The van der Waals surface area contributed by atoms with Gasteiger partial charge in [-0.1, -0.05) is 34.1 Å². The van der Waals surface area contributed by atoms with Crippen molar-refractivity contribution in [1.82, 2.24) is 0 Å². The maximum absolute atomic E-state index is 10.7. The Balaban J connectivity index is 3.00. The van der Waals surface area contributed by atoms with E-state index in [1.54, 1.807) is 12.1 Å². The van der Waals surface area contributed by atoms with Crippen LogP contribution in [0.4, 0.5) is 0 Å². The maximum atomic E-state index is 10.7. The molecule has 0 saturated heterocycles. The van der Waals surface area contributed by atoms with E-state index < -0.39 is 11.1 Å². The molecule has 0 heterocycles. The number of aryl methyl sites for hydroxylation is 1. The lowest BCUT2D eigenvalue weighted by Crippen LogP contribution is -1.96. The van der Waals surface area contributed by atoms with E-state index in [0.29, 0.717) is 4.90 Å². The molecule has 0 radical (unpaired) electrons. The summed E-state index contributed by atoms with van der Waals surface area (Å²) in [5, 5.41) is 0.779. The molecular weight excluding hydrogens is 240 g/mol. The van der Waals surface area contributed by atoms with Crippen molar-refractivity contribution in [2.45, 2.75) is 11.3 Å². The lowest BCUT2D eigenvalue weighted by atomic mass is 10.2. The summed E-state index contributed by atoms with van der Waals surface area (Å²) in [6.07, 6.45) is 0.740. The van der Waals surface area contributed by atoms with Crippen LogP contribution in [0.15, 0.2) is 29.2 Å². The molecule has 12 heavy (non-hydrogen) atoms. The fraction of sp³-hybridized carbons (Fsp3) is 0.250. The zero-order valence-electron chi connectivity index (χ0n) is 6.33. The standard InChI is InChI=1S/C8H9BrO2S/c9-6-5-7-3-1-2-4-8(7)12(10)11/h1-4H,5-6H2,(H,10,11)/p-1. The van der Waals surface area contributed by atoms with Crippen molar-refractivity contribution in [3.05, 3.63) is 29.8 Å². The summed E-state index contributed by atoms with van der Waals surface area (Å²) in [5.41, 5.74) is 0.864. The summed E-state index contributed by atoms with van der Waals surface area (Å²) in [4.78, 5) is 0.400. The molecule has 0 aliphatic carbocycles. The first-order chi connectivity index (χ1) is 5.75.